The largest absolute Gasteiger partial charge is 0.331 e. The zero-order chi connectivity index (χ0) is 10.8. The molecule has 0 atom stereocenters. The number of anilines is 2. The molecule has 0 spiro atoms. The fourth-order valence-corrected chi connectivity index (χ4v) is 2.90. The van der Waals surface area contributed by atoms with Gasteiger partial charge in [0.15, 0.2) is 5.13 Å². The van der Waals surface area contributed by atoms with Crippen molar-refractivity contribution in [2.75, 3.05) is 5.32 Å². The highest BCUT2D eigenvalue weighted by molar-refractivity contribution is 9.10. The monoisotopic (exact) mass is 346 g/mol. The van der Waals surface area contributed by atoms with Crippen molar-refractivity contribution < 1.29 is 0 Å². The molecular weight excluding hydrogens is 340 g/mol. The lowest BCUT2D eigenvalue weighted by atomic mass is 10.2. The Morgan fingerprint density at radius 2 is 2.13 bits per heavy atom. The van der Waals surface area contributed by atoms with Crippen LogP contribution in [0.25, 0.3) is 0 Å². The van der Waals surface area contributed by atoms with Gasteiger partial charge in [-0.15, -0.1) is 11.3 Å². The molecule has 2 rings (SSSR count). The normalized spacial score (nSPS) is 10.3. The highest BCUT2D eigenvalue weighted by Crippen LogP contribution is 2.29. The number of aromatic nitrogens is 1. The van der Waals surface area contributed by atoms with Crippen LogP contribution in [0.1, 0.15) is 5.56 Å². The molecule has 1 heterocycles. The molecule has 15 heavy (non-hydrogen) atoms. The van der Waals surface area contributed by atoms with Crippen molar-refractivity contribution >= 4 is 54.0 Å². The predicted octanol–water partition coefficient (Wildman–Crippen LogP) is 4.72. The molecule has 0 aliphatic carbocycles. The van der Waals surface area contributed by atoms with Crippen molar-refractivity contribution in [3.05, 3.63) is 38.2 Å². The van der Waals surface area contributed by atoms with Crippen LogP contribution in [0.2, 0.25) is 0 Å². The lowest BCUT2D eigenvalue weighted by molar-refractivity contribution is 1.34. The molecule has 0 saturated carbocycles. The van der Waals surface area contributed by atoms with Crippen molar-refractivity contribution in [2.24, 2.45) is 0 Å². The first-order chi connectivity index (χ1) is 7.15. The summed E-state index contributed by atoms with van der Waals surface area (Å²) in [7, 11) is 0. The van der Waals surface area contributed by atoms with Gasteiger partial charge in [0.25, 0.3) is 0 Å². The lowest BCUT2D eigenvalue weighted by Crippen LogP contribution is -1.90. The van der Waals surface area contributed by atoms with Crippen LogP contribution in [0.15, 0.2) is 32.7 Å². The molecule has 0 saturated heterocycles. The minimum atomic E-state index is 0.859. The highest BCUT2D eigenvalue weighted by Gasteiger charge is 2.03. The number of aryl methyl sites for hydroxylation is 1. The number of benzene rings is 1. The van der Waals surface area contributed by atoms with Gasteiger partial charge >= 0.3 is 0 Å². The Bertz CT molecular complexity index is 482. The minimum Gasteiger partial charge on any atom is -0.331 e. The van der Waals surface area contributed by atoms with Crippen molar-refractivity contribution in [3.63, 3.8) is 0 Å². The van der Waals surface area contributed by atoms with Gasteiger partial charge in [0.05, 0.1) is 5.69 Å². The average Bonchev–Trinajstić information content (AvgIpc) is 2.56. The van der Waals surface area contributed by atoms with Crippen molar-refractivity contribution in [3.8, 4) is 0 Å². The van der Waals surface area contributed by atoms with E-state index >= 15 is 0 Å². The third-order valence-electron chi connectivity index (χ3n) is 1.84. The molecule has 5 heteroatoms. The molecule has 2 nitrogen and oxygen atoms in total. The van der Waals surface area contributed by atoms with E-state index in [9.17, 15) is 0 Å². The Morgan fingerprint density at radius 1 is 1.33 bits per heavy atom. The van der Waals surface area contributed by atoms with Gasteiger partial charge in [0, 0.05) is 9.85 Å². The lowest BCUT2D eigenvalue weighted by Gasteiger charge is -2.05. The first-order valence-electron chi connectivity index (χ1n) is 4.29. The highest BCUT2D eigenvalue weighted by atomic mass is 79.9. The number of thiazole rings is 1. The van der Waals surface area contributed by atoms with Crippen LogP contribution in [-0.4, -0.2) is 4.98 Å². The molecule has 0 amide bonds. The summed E-state index contributed by atoms with van der Waals surface area (Å²) in [6.07, 6.45) is 0. The Hall–Kier alpha value is -0.390. The summed E-state index contributed by atoms with van der Waals surface area (Å²) in [5.41, 5.74) is 2.26. The predicted molar refractivity (Wildman–Crippen MR) is 72.0 cm³/mol. The van der Waals surface area contributed by atoms with Crippen LogP contribution < -0.4 is 5.32 Å². The van der Waals surface area contributed by atoms with Gasteiger partial charge in [-0.05, 0) is 56.5 Å². The second-order valence-electron chi connectivity index (χ2n) is 3.08. The molecule has 2 aromatic rings. The van der Waals surface area contributed by atoms with Gasteiger partial charge < -0.3 is 5.32 Å². The second-order valence-corrected chi connectivity index (χ2v) is 5.61. The topological polar surface area (TPSA) is 24.9 Å². The fraction of sp³-hybridized carbons (Fsp3) is 0.100. The molecular formula is C10H8Br2N2S. The molecule has 0 aliphatic rings. The summed E-state index contributed by atoms with van der Waals surface area (Å²) in [5.74, 6) is 0. The van der Waals surface area contributed by atoms with Crippen LogP contribution in [0, 0.1) is 6.92 Å². The van der Waals surface area contributed by atoms with Gasteiger partial charge in [-0.1, -0.05) is 6.07 Å². The molecule has 1 N–H and O–H groups in total. The first kappa shape index (κ1) is 11.1. The Balaban J connectivity index is 2.24. The van der Waals surface area contributed by atoms with E-state index < -0.39 is 0 Å². The maximum atomic E-state index is 4.27. The van der Waals surface area contributed by atoms with Gasteiger partial charge in [0.1, 0.15) is 4.60 Å². The molecule has 1 aromatic heterocycles. The number of hydrogen-bond donors (Lipinski definition) is 1. The van der Waals surface area contributed by atoms with E-state index in [0.717, 1.165) is 19.9 Å². The molecule has 1 aromatic carbocycles. The van der Waals surface area contributed by atoms with E-state index in [1.807, 2.05) is 11.4 Å². The van der Waals surface area contributed by atoms with Crippen molar-refractivity contribution in [1.82, 2.24) is 4.98 Å². The first-order valence-corrected chi connectivity index (χ1v) is 6.76. The third kappa shape index (κ3) is 2.80. The van der Waals surface area contributed by atoms with Crippen LogP contribution in [0.3, 0.4) is 0 Å². The van der Waals surface area contributed by atoms with Crippen molar-refractivity contribution in [2.45, 2.75) is 6.92 Å². The second kappa shape index (κ2) is 4.63. The maximum absolute atomic E-state index is 4.27. The van der Waals surface area contributed by atoms with Crippen LogP contribution >= 0.6 is 43.2 Å². The Kier molecular flexibility index (Phi) is 3.43. The van der Waals surface area contributed by atoms with E-state index in [0.29, 0.717) is 0 Å². The molecule has 0 unspecified atom stereocenters. The number of halogens is 2. The number of nitrogens with zero attached hydrogens (tertiary/aromatic N) is 1. The standard InChI is InChI=1S/C10H8Br2N2S/c1-6-2-3-8(7(11)4-6)13-10-14-9(12)5-15-10/h2-5H,1H3,(H,13,14). The average molecular weight is 348 g/mol. The molecule has 0 radical (unpaired) electrons. The van der Waals surface area contributed by atoms with Gasteiger partial charge in [-0.3, -0.25) is 0 Å². The van der Waals surface area contributed by atoms with Crippen molar-refractivity contribution in [1.29, 1.82) is 0 Å². The summed E-state index contributed by atoms with van der Waals surface area (Å²) < 4.78 is 1.91. The van der Waals surface area contributed by atoms with E-state index in [1.54, 1.807) is 11.3 Å². The molecule has 78 valence electrons. The summed E-state index contributed by atoms with van der Waals surface area (Å²) in [5, 5.41) is 6.08. The van der Waals surface area contributed by atoms with E-state index in [4.69, 9.17) is 0 Å². The number of rotatable bonds is 2. The molecule has 0 fully saturated rings. The summed E-state index contributed by atoms with van der Waals surface area (Å²) in [4.78, 5) is 4.27. The van der Waals surface area contributed by atoms with E-state index in [1.165, 1.54) is 5.56 Å². The summed E-state index contributed by atoms with van der Waals surface area (Å²) >= 11 is 8.40. The number of nitrogens with one attached hydrogen (secondary N) is 1. The fourth-order valence-electron chi connectivity index (χ4n) is 1.15. The summed E-state index contributed by atoms with van der Waals surface area (Å²) in [6.45, 7) is 2.06. The van der Waals surface area contributed by atoms with Crippen LogP contribution in [0.5, 0.6) is 0 Å². The summed E-state index contributed by atoms with van der Waals surface area (Å²) in [6, 6.07) is 6.18. The zero-order valence-electron chi connectivity index (χ0n) is 7.92. The third-order valence-corrected chi connectivity index (χ3v) is 3.97. The zero-order valence-corrected chi connectivity index (χ0v) is 11.9. The molecule has 0 bridgehead atoms. The SMILES string of the molecule is Cc1ccc(Nc2nc(Br)cs2)c(Br)c1. The quantitative estimate of drug-likeness (QED) is 0.850. The minimum absolute atomic E-state index is 0.859. The number of hydrogen-bond acceptors (Lipinski definition) is 3. The van der Waals surface area contributed by atoms with Gasteiger partial charge in [-0.2, -0.15) is 0 Å². The van der Waals surface area contributed by atoms with Crippen LogP contribution in [-0.2, 0) is 0 Å². The Morgan fingerprint density at radius 3 is 2.73 bits per heavy atom. The maximum Gasteiger partial charge on any atom is 0.188 e. The molecule has 0 aliphatic heterocycles. The van der Waals surface area contributed by atoms with E-state index in [-0.39, 0.29) is 0 Å². The van der Waals surface area contributed by atoms with Gasteiger partial charge in [-0.25, -0.2) is 4.98 Å². The smallest absolute Gasteiger partial charge is 0.188 e. The van der Waals surface area contributed by atoms with E-state index in [2.05, 4.69) is 61.2 Å². The van der Waals surface area contributed by atoms with Crippen LogP contribution in [0.4, 0.5) is 10.8 Å². The van der Waals surface area contributed by atoms with Gasteiger partial charge in [0.2, 0.25) is 0 Å². The Labute approximate surface area is 109 Å².